The summed E-state index contributed by atoms with van der Waals surface area (Å²) >= 11 is 0. The van der Waals surface area contributed by atoms with Gasteiger partial charge >= 0.3 is 0 Å². The Morgan fingerprint density at radius 1 is 0.906 bits per heavy atom. The van der Waals surface area contributed by atoms with E-state index in [-0.39, 0.29) is 36.8 Å². The number of amides is 2. The van der Waals surface area contributed by atoms with Gasteiger partial charge in [-0.1, -0.05) is 0 Å². The maximum absolute atomic E-state index is 13.6. The number of rotatable bonds is 9. The highest BCUT2D eigenvalue weighted by Gasteiger charge is 2.12. The van der Waals surface area contributed by atoms with Crippen LogP contribution in [0.5, 0.6) is 11.6 Å². The van der Waals surface area contributed by atoms with Crippen LogP contribution in [0.15, 0.2) is 60.8 Å². The molecule has 0 aliphatic rings. The van der Waals surface area contributed by atoms with E-state index in [0.29, 0.717) is 24.1 Å². The van der Waals surface area contributed by atoms with Crippen LogP contribution in [0.25, 0.3) is 0 Å². The summed E-state index contributed by atoms with van der Waals surface area (Å²) in [6.45, 7) is 0.405. The molecule has 3 rings (SSSR count). The first-order chi connectivity index (χ1) is 15.4. The van der Waals surface area contributed by atoms with Crippen LogP contribution in [0.4, 0.5) is 13.2 Å². The summed E-state index contributed by atoms with van der Waals surface area (Å²) in [6, 6.07) is 11.6. The summed E-state index contributed by atoms with van der Waals surface area (Å²) < 4.78 is 45.0. The number of carbonyl (C=O) groups excluding carboxylic acids is 2. The lowest BCUT2D eigenvalue weighted by Gasteiger charge is -2.09. The first-order valence-corrected chi connectivity index (χ1v) is 9.79. The van der Waals surface area contributed by atoms with Gasteiger partial charge in [0.25, 0.3) is 5.91 Å². The zero-order chi connectivity index (χ0) is 22.9. The molecular formula is C23H20F3N3O3. The van der Waals surface area contributed by atoms with E-state index in [0.717, 1.165) is 17.7 Å². The number of pyridine rings is 1. The van der Waals surface area contributed by atoms with E-state index >= 15 is 0 Å². The molecule has 0 bridgehead atoms. The molecule has 32 heavy (non-hydrogen) atoms. The van der Waals surface area contributed by atoms with Crippen molar-refractivity contribution in [2.75, 3.05) is 6.54 Å². The predicted molar refractivity (Wildman–Crippen MR) is 110 cm³/mol. The average molecular weight is 443 g/mol. The predicted octanol–water partition coefficient (Wildman–Crippen LogP) is 4.12. The minimum atomic E-state index is -0.944. The zero-order valence-corrected chi connectivity index (χ0v) is 16.9. The molecular weight excluding hydrogens is 423 g/mol. The lowest BCUT2D eigenvalue weighted by Crippen LogP contribution is -2.28. The number of nitrogens with zero attached hydrogens (tertiary/aromatic N) is 1. The minimum Gasteiger partial charge on any atom is -0.439 e. The van der Waals surface area contributed by atoms with Crippen molar-refractivity contribution in [1.82, 2.24) is 15.6 Å². The number of carbonyl (C=O) groups is 2. The Hall–Kier alpha value is -3.88. The van der Waals surface area contributed by atoms with Crippen LogP contribution in [0.3, 0.4) is 0 Å². The number of hydrogen-bond acceptors (Lipinski definition) is 4. The molecule has 2 aromatic carbocycles. The van der Waals surface area contributed by atoms with Gasteiger partial charge in [0.2, 0.25) is 11.8 Å². The second kappa shape index (κ2) is 10.9. The van der Waals surface area contributed by atoms with Gasteiger partial charge in [-0.25, -0.2) is 18.2 Å². The van der Waals surface area contributed by atoms with Crippen molar-refractivity contribution in [2.24, 2.45) is 0 Å². The number of halogens is 3. The fraction of sp³-hybridized carbons (Fsp3) is 0.174. The second-order valence-electron chi connectivity index (χ2n) is 6.82. The van der Waals surface area contributed by atoms with E-state index < -0.39 is 17.5 Å². The van der Waals surface area contributed by atoms with Gasteiger partial charge in [-0.15, -0.1) is 0 Å². The molecule has 1 heterocycles. The molecule has 0 saturated heterocycles. The summed E-state index contributed by atoms with van der Waals surface area (Å²) in [6.07, 6.45) is 2.02. The van der Waals surface area contributed by atoms with Gasteiger partial charge < -0.3 is 15.4 Å². The largest absolute Gasteiger partial charge is 0.439 e. The van der Waals surface area contributed by atoms with Crippen molar-refractivity contribution in [1.29, 1.82) is 0 Å². The van der Waals surface area contributed by atoms with E-state index in [2.05, 4.69) is 15.6 Å². The third kappa shape index (κ3) is 6.83. The van der Waals surface area contributed by atoms with Gasteiger partial charge in [0.15, 0.2) is 0 Å². The summed E-state index contributed by atoms with van der Waals surface area (Å²) in [7, 11) is 0. The Kier molecular flexibility index (Phi) is 7.80. The van der Waals surface area contributed by atoms with Gasteiger partial charge in [0, 0.05) is 37.8 Å². The highest BCUT2D eigenvalue weighted by Crippen LogP contribution is 2.20. The van der Waals surface area contributed by atoms with Crippen molar-refractivity contribution < 1.29 is 27.5 Å². The fourth-order valence-corrected chi connectivity index (χ4v) is 2.75. The second-order valence-corrected chi connectivity index (χ2v) is 6.82. The molecule has 0 saturated carbocycles. The Morgan fingerprint density at radius 3 is 2.41 bits per heavy atom. The molecule has 1 aromatic heterocycles. The van der Waals surface area contributed by atoms with Crippen molar-refractivity contribution >= 4 is 11.8 Å². The van der Waals surface area contributed by atoms with E-state index in [9.17, 15) is 22.8 Å². The van der Waals surface area contributed by atoms with Gasteiger partial charge in [-0.3, -0.25) is 9.59 Å². The molecule has 6 nitrogen and oxygen atoms in total. The van der Waals surface area contributed by atoms with Crippen molar-refractivity contribution in [2.45, 2.75) is 19.4 Å². The molecule has 3 aromatic rings. The highest BCUT2D eigenvalue weighted by atomic mass is 19.1. The van der Waals surface area contributed by atoms with Crippen LogP contribution in [0.1, 0.15) is 28.8 Å². The SMILES string of the molecule is O=C(CCCNC(=O)c1ccc(F)cc1F)NCc1ccnc(Oc2ccc(F)cc2)c1. The third-order valence-electron chi connectivity index (χ3n) is 4.37. The summed E-state index contributed by atoms with van der Waals surface area (Å²) in [5, 5.41) is 5.24. The summed E-state index contributed by atoms with van der Waals surface area (Å²) in [5.41, 5.74) is 0.498. The van der Waals surface area contributed by atoms with Crippen LogP contribution in [-0.4, -0.2) is 23.3 Å². The van der Waals surface area contributed by atoms with Crippen molar-refractivity contribution in [3.05, 3.63) is 89.4 Å². The van der Waals surface area contributed by atoms with Gasteiger partial charge in [0.05, 0.1) is 5.56 Å². The molecule has 0 aliphatic carbocycles. The molecule has 0 atom stereocenters. The number of ether oxygens (including phenoxy) is 1. The molecule has 0 spiro atoms. The topological polar surface area (TPSA) is 80.3 Å². The van der Waals surface area contributed by atoms with E-state index in [1.165, 1.54) is 30.5 Å². The first kappa shape index (κ1) is 22.8. The van der Waals surface area contributed by atoms with Crippen LogP contribution >= 0.6 is 0 Å². The fourth-order valence-electron chi connectivity index (χ4n) is 2.75. The summed E-state index contributed by atoms with van der Waals surface area (Å²) in [4.78, 5) is 28.0. The number of aromatic nitrogens is 1. The first-order valence-electron chi connectivity index (χ1n) is 9.79. The zero-order valence-electron chi connectivity index (χ0n) is 16.9. The lowest BCUT2D eigenvalue weighted by molar-refractivity contribution is -0.121. The van der Waals surface area contributed by atoms with E-state index in [1.807, 2.05) is 0 Å². The average Bonchev–Trinajstić information content (AvgIpc) is 2.77. The van der Waals surface area contributed by atoms with Crippen LogP contribution in [0.2, 0.25) is 0 Å². The molecule has 0 radical (unpaired) electrons. The van der Waals surface area contributed by atoms with Gasteiger partial charge in [-0.05, 0) is 54.4 Å². The van der Waals surface area contributed by atoms with Crippen LogP contribution < -0.4 is 15.4 Å². The minimum absolute atomic E-state index is 0.149. The maximum Gasteiger partial charge on any atom is 0.254 e. The Labute approximate surface area is 182 Å². The molecule has 9 heteroatoms. The van der Waals surface area contributed by atoms with Crippen LogP contribution in [-0.2, 0) is 11.3 Å². The standard InChI is InChI=1S/C23H20F3N3O3/c24-16-3-6-18(7-4-16)32-22-12-15(9-11-27-22)14-29-21(30)2-1-10-28-23(31)19-8-5-17(25)13-20(19)26/h3-9,11-13H,1-2,10,14H2,(H,28,31)(H,29,30). The maximum atomic E-state index is 13.6. The summed E-state index contributed by atoms with van der Waals surface area (Å²) in [5.74, 6) is -2.25. The van der Waals surface area contributed by atoms with Crippen LogP contribution in [0, 0.1) is 17.5 Å². The Morgan fingerprint density at radius 2 is 1.66 bits per heavy atom. The normalized spacial score (nSPS) is 10.5. The number of benzene rings is 2. The molecule has 2 N–H and O–H groups in total. The van der Waals surface area contributed by atoms with E-state index in [4.69, 9.17) is 4.74 Å². The number of hydrogen-bond donors (Lipinski definition) is 2. The van der Waals surface area contributed by atoms with Crippen molar-refractivity contribution in [3.63, 3.8) is 0 Å². The third-order valence-corrected chi connectivity index (χ3v) is 4.37. The smallest absolute Gasteiger partial charge is 0.254 e. The van der Waals surface area contributed by atoms with Gasteiger partial charge in [-0.2, -0.15) is 0 Å². The van der Waals surface area contributed by atoms with Crippen molar-refractivity contribution in [3.8, 4) is 11.6 Å². The Bertz CT molecular complexity index is 1090. The molecule has 0 unspecified atom stereocenters. The monoisotopic (exact) mass is 443 g/mol. The lowest BCUT2D eigenvalue weighted by atomic mass is 10.2. The molecule has 2 amide bonds. The van der Waals surface area contributed by atoms with E-state index in [1.54, 1.807) is 12.1 Å². The quantitative estimate of drug-likeness (QED) is 0.488. The number of nitrogens with one attached hydrogen (secondary N) is 2. The molecule has 0 aliphatic heterocycles. The molecule has 166 valence electrons. The Balaban J connectivity index is 1.39. The molecule has 0 fully saturated rings. The van der Waals surface area contributed by atoms with Gasteiger partial charge in [0.1, 0.15) is 23.2 Å². The highest BCUT2D eigenvalue weighted by molar-refractivity contribution is 5.94.